The molecule has 2 fully saturated rings. The number of hydrogen-bond acceptors (Lipinski definition) is 2. The fourth-order valence-corrected chi connectivity index (χ4v) is 3.34. The molecule has 18 heavy (non-hydrogen) atoms. The van der Waals surface area contributed by atoms with Crippen LogP contribution in [0.25, 0.3) is 0 Å². The summed E-state index contributed by atoms with van der Waals surface area (Å²) in [7, 11) is 0. The van der Waals surface area contributed by atoms with Crippen LogP contribution >= 0.6 is 0 Å². The van der Waals surface area contributed by atoms with E-state index in [1.807, 2.05) is 0 Å². The molecule has 2 unspecified atom stereocenters. The first-order valence-corrected chi connectivity index (χ1v) is 7.58. The van der Waals surface area contributed by atoms with Gasteiger partial charge in [0.1, 0.15) is 0 Å². The molecule has 0 radical (unpaired) electrons. The molecule has 2 atom stereocenters. The summed E-state index contributed by atoms with van der Waals surface area (Å²) in [5.41, 5.74) is 1.27. The van der Waals surface area contributed by atoms with E-state index in [1.165, 1.54) is 50.8 Å². The molecule has 3 heteroatoms. The SMILES string of the molecule is CC1CCC(Cc2ccn(C3CCCC3)n2)NC1. The fourth-order valence-electron chi connectivity index (χ4n) is 3.34. The standard InChI is InChI=1S/C15H25N3/c1-12-6-7-13(16-11-12)10-14-8-9-18(17-14)15-4-2-3-5-15/h8-9,12-13,15-16H,2-7,10-11H2,1H3. The van der Waals surface area contributed by atoms with E-state index in [0.717, 1.165) is 12.3 Å². The quantitative estimate of drug-likeness (QED) is 0.890. The van der Waals surface area contributed by atoms with Gasteiger partial charge in [-0.25, -0.2) is 0 Å². The molecule has 100 valence electrons. The van der Waals surface area contributed by atoms with Crippen LogP contribution in [-0.4, -0.2) is 22.4 Å². The molecule has 1 aromatic heterocycles. The maximum absolute atomic E-state index is 4.78. The highest BCUT2D eigenvalue weighted by Crippen LogP contribution is 2.28. The van der Waals surface area contributed by atoms with Gasteiger partial charge in [0.15, 0.2) is 0 Å². The van der Waals surface area contributed by atoms with Crippen LogP contribution in [0, 0.1) is 5.92 Å². The predicted octanol–water partition coefficient (Wildman–Crippen LogP) is 2.93. The van der Waals surface area contributed by atoms with Crippen LogP contribution in [0.4, 0.5) is 0 Å². The minimum absolute atomic E-state index is 0.646. The zero-order chi connectivity index (χ0) is 12.4. The van der Waals surface area contributed by atoms with E-state index in [-0.39, 0.29) is 0 Å². The number of hydrogen-bond donors (Lipinski definition) is 1. The zero-order valence-corrected chi connectivity index (χ0v) is 11.4. The largest absolute Gasteiger partial charge is 0.313 e. The van der Waals surface area contributed by atoms with Gasteiger partial charge in [-0.05, 0) is 44.2 Å². The van der Waals surface area contributed by atoms with E-state index in [0.29, 0.717) is 12.1 Å². The van der Waals surface area contributed by atoms with E-state index >= 15 is 0 Å². The average Bonchev–Trinajstić information content (AvgIpc) is 3.02. The van der Waals surface area contributed by atoms with Crippen LogP contribution in [0.1, 0.15) is 57.2 Å². The summed E-state index contributed by atoms with van der Waals surface area (Å²) >= 11 is 0. The summed E-state index contributed by atoms with van der Waals surface area (Å²) in [6, 6.07) is 3.55. The number of aromatic nitrogens is 2. The topological polar surface area (TPSA) is 29.9 Å². The third-order valence-electron chi connectivity index (χ3n) is 4.58. The monoisotopic (exact) mass is 247 g/mol. The van der Waals surface area contributed by atoms with Gasteiger partial charge in [-0.15, -0.1) is 0 Å². The van der Waals surface area contributed by atoms with Gasteiger partial charge in [0.25, 0.3) is 0 Å². The van der Waals surface area contributed by atoms with Crippen molar-refractivity contribution in [3.8, 4) is 0 Å². The smallest absolute Gasteiger partial charge is 0.0640 e. The lowest BCUT2D eigenvalue weighted by molar-refractivity contribution is 0.323. The van der Waals surface area contributed by atoms with Gasteiger partial charge in [-0.3, -0.25) is 4.68 Å². The van der Waals surface area contributed by atoms with Gasteiger partial charge in [-0.1, -0.05) is 19.8 Å². The second-order valence-electron chi connectivity index (χ2n) is 6.22. The molecule has 3 rings (SSSR count). The van der Waals surface area contributed by atoms with Gasteiger partial charge in [0.05, 0.1) is 11.7 Å². The lowest BCUT2D eigenvalue weighted by atomic mass is 9.94. The molecule has 1 aliphatic heterocycles. The van der Waals surface area contributed by atoms with Crippen molar-refractivity contribution in [2.24, 2.45) is 5.92 Å². The van der Waals surface area contributed by atoms with Crippen LogP contribution in [0.5, 0.6) is 0 Å². The summed E-state index contributed by atoms with van der Waals surface area (Å²) in [4.78, 5) is 0. The third kappa shape index (κ3) is 2.77. The first kappa shape index (κ1) is 12.2. The third-order valence-corrected chi connectivity index (χ3v) is 4.58. The van der Waals surface area contributed by atoms with Crippen molar-refractivity contribution in [1.29, 1.82) is 0 Å². The van der Waals surface area contributed by atoms with Gasteiger partial charge >= 0.3 is 0 Å². The Bertz CT molecular complexity index is 371. The van der Waals surface area contributed by atoms with Gasteiger partial charge in [0.2, 0.25) is 0 Å². The van der Waals surface area contributed by atoms with E-state index in [1.54, 1.807) is 0 Å². The molecule has 0 spiro atoms. The van der Waals surface area contributed by atoms with E-state index in [2.05, 4.69) is 29.2 Å². The molecule has 0 bridgehead atoms. The van der Waals surface area contributed by atoms with Gasteiger partial charge in [-0.2, -0.15) is 5.10 Å². The minimum atomic E-state index is 0.646. The van der Waals surface area contributed by atoms with Crippen molar-refractivity contribution in [3.63, 3.8) is 0 Å². The summed E-state index contributed by atoms with van der Waals surface area (Å²) < 4.78 is 2.22. The van der Waals surface area contributed by atoms with Crippen molar-refractivity contribution in [3.05, 3.63) is 18.0 Å². The molecule has 1 saturated heterocycles. The maximum atomic E-state index is 4.78. The van der Waals surface area contributed by atoms with Crippen molar-refractivity contribution in [2.75, 3.05) is 6.54 Å². The molecule has 2 heterocycles. The number of nitrogens with zero attached hydrogens (tertiary/aromatic N) is 2. The molecule has 1 N–H and O–H groups in total. The molecule has 1 aromatic rings. The zero-order valence-electron chi connectivity index (χ0n) is 11.4. The summed E-state index contributed by atoms with van der Waals surface area (Å²) in [6.45, 7) is 3.51. The van der Waals surface area contributed by atoms with Gasteiger partial charge in [0, 0.05) is 18.7 Å². The lowest BCUT2D eigenvalue weighted by Gasteiger charge is -2.27. The molecule has 2 aliphatic rings. The highest BCUT2D eigenvalue weighted by atomic mass is 15.3. The minimum Gasteiger partial charge on any atom is -0.313 e. The maximum Gasteiger partial charge on any atom is 0.0640 e. The average molecular weight is 247 g/mol. The highest BCUT2D eigenvalue weighted by Gasteiger charge is 2.20. The second-order valence-corrected chi connectivity index (χ2v) is 6.22. The first-order valence-electron chi connectivity index (χ1n) is 7.58. The molecular weight excluding hydrogens is 222 g/mol. The van der Waals surface area contributed by atoms with Crippen molar-refractivity contribution in [1.82, 2.24) is 15.1 Å². The van der Waals surface area contributed by atoms with Crippen LogP contribution in [0.2, 0.25) is 0 Å². The number of piperidine rings is 1. The Morgan fingerprint density at radius 2 is 2.11 bits per heavy atom. The van der Waals surface area contributed by atoms with E-state index in [9.17, 15) is 0 Å². The summed E-state index contributed by atoms with van der Waals surface area (Å²) in [6.07, 6.45) is 11.4. The molecule has 3 nitrogen and oxygen atoms in total. The predicted molar refractivity (Wildman–Crippen MR) is 73.6 cm³/mol. The van der Waals surface area contributed by atoms with Crippen LogP contribution in [-0.2, 0) is 6.42 Å². The Labute approximate surface area is 110 Å². The Morgan fingerprint density at radius 1 is 1.28 bits per heavy atom. The summed E-state index contributed by atoms with van der Waals surface area (Å²) in [5, 5.41) is 8.43. The Morgan fingerprint density at radius 3 is 2.83 bits per heavy atom. The lowest BCUT2D eigenvalue weighted by Crippen LogP contribution is -2.39. The normalized spacial score (nSPS) is 29.8. The van der Waals surface area contributed by atoms with Gasteiger partial charge < -0.3 is 5.32 Å². The van der Waals surface area contributed by atoms with Crippen molar-refractivity contribution < 1.29 is 0 Å². The fraction of sp³-hybridized carbons (Fsp3) is 0.800. The first-order chi connectivity index (χ1) is 8.81. The molecule has 1 aliphatic carbocycles. The van der Waals surface area contributed by atoms with Crippen LogP contribution in [0.3, 0.4) is 0 Å². The Hall–Kier alpha value is -0.830. The highest BCUT2D eigenvalue weighted by molar-refractivity contribution is 5.03. The molecular formula is C15H25N3. The van der Waals surface area contributed by atoms with Crippen molar-refractivity contribution >= 4 is 0 Å². The Kier molecular flexibility index (Phi) is 3.69. The summed E-state index contributed by atoms with van der Waals surface area (Å²) in [5.74, 6) is 0.845. The number of nitrogens with one attached hydrogen (secondary N) is 1. The van der Waals surface area contributed by atoms with E-state index < -0.39 is 0 Å². The second kappa shape index (κ2) is 5.43. The molecule has 0 aromatic carbocycles. The van der Waals surface area contributed by atoms with E-state index in [4.69, 9.17) is 5.10 Å². The molecule has 0 amide bonds. The molecule has 1 saturated carbocycles. The van der Waals surface area contributed by atoms with Crippen molar-refractivity contribution in [2.45, 2.75) is 64.0 Å². The number of rotatable bonds is 3. The Balaban J connectivity index is 1.56. The van der Waals surface area contributed by atoms with Crippen LogP contribution < -0.4 is 5.32 Å². The van der Waals surface area contributed by atoms with Crippen LogP contribution in [0.15, 0.2) is 12.3 Å².